The Hall–Kier alpha value is -0.570. The molecule has 0 bridgehead atoms. The lowest BCUT2D eigenvalue weighted by Gasteiger charge is -2.25. The lowest BCUT2D eigenvalue weighted by molar-refractivity contribution is -0.121. The van der Waals surface area contributed by atoms with Crippen molar-refractivity contribution in [1.82, 2.24) is 10.6 Å². The lowest BCUT2D eigenvalue weighted by atomic mass is 9.89. The minimum absolute atomic E-state index is 0.00853. The molecule has 16 heavy (non-hydrogen) atoms. The van der Waals surface area contributed by atoms with Gasteiger partial charge in [-0.15, -0.1) is 0 Å². The maximum atomic E-state index is 11.6. The monoisotopic (exact) mass is 226 g/mol. The summed E-state index contributed by atoms with van der Waals surface area (Å²) in [6, 6.07) is 0. The van der Waals surface area contributed by atoms with Gasteiger partial charge in [0.2, 0.25) is 5.91 Å². The largest absolute Gasteiger partial charge is 0.354 e. The summed E-state index contributed by atoms with van der Waals surface area (Å²) in [7, 11) is 0. The molecule has 3 heteroatoms. The summed E-state index contributed by atoms with van der Waals surface area (Å²) in [5.41, 5.74) is 0.353. The molecule has 94 valence electrons. The molecule has 0 aromatic rings. The van der Waals surface area contributed by atoms with Crippen LogP contribution in [-0.4, -0.2) is 24.5 Å². The summed E-state index contributed by atoms with van der Waals surface area (Å²) in [5.74, 6) is 0.114. The smallest absolute Gasteiger partial charge is 0.233 e. The van der Waals surface area contributed by atoms with Crippen LogP contribution in [0.4, 0.5) is 0 Å². The Bertz CT molecular complexity index is 237. The number of amides is 1. The highest BCUT2D eigenvalue weighted by Gasteiger charge is 2.28. The zero-order valence-corrected chi connectivity index (χ0v) is 11.2. The zero-order valence-electron chi connectivity index (χ0n) is 11.2. The maximum absolute atomic E-state index is 11.6. The molecule has 0 aromatic heterocycles. The van der Waals surface area contributed by atoms with Crippen LogP contribution in [0.15, 0.2) is 0 Å². The Kier molecular flexibility index (Phi) is 4.36. The molecule has 0 radical (unpaired) electrons. The fraction of sp³-hybridized carbons (Fsp3) is 0.923. The molecule has 1 rings (SSSR count). The molecule has 1 saturated carbocycles. The van der Waals surface area contributed by atoms with E-state index in [1.165, 1.54) is 25.7 Å². The van der Waals surface area contributed by atoms with Crippen LogP contribution in [0.2, 0.25) is 0 Å². The number of carbonyl (C=O) groups excluding carboxylic acids is 1. The van der Waals surface area contributed by atoms with Gasteiger partial charge < -0.3 is 10.6 Å². The van der Waals surface area contributed by atoms with Crippen molar-refractivity contribution in [1.29, 1.82) is 0 Å². The Balaban J connectivity index is 2.20. The fourth-order valence-corrected chi connectivity index (χ4v) is 2.13. The van der Waals surface area contributed by atoms with Gasteiger partial charge in [0, 0.05) is 12.1 Å². The Morgan fingerprint density at radius 3 is 2.31 bits per heavy atom. The fourth-order valence-electron chi connectivity index (χ4n) is 2.13. The first-order chi connectivity index (χ1) is 7.31. The van der Waals surface area contributed by atoms with Gasteiger partial charge >= 0.3 is 0 Å². The van der Waals surface area contributed by atoms with Gasteiger partial charge in [-0.3, -0.25) is 4.79 Å². The van der Waals surface area contributed by atoms with E-state index in [2.05, 4.69) is 38.3 Å². The van der Waals surface area contributed by atoms with E-state index in [1.54, 1.807) is 0 Å². The Morgan fingerprint density at radius 1 is 1.25 bits per heavy atom. The van der Waals surface area contributed by atoms with E-state index >= 15 is 0 Å². The molecule has 0 unspecified atom stereocenters. The molecule has 0 heterocycles. The van der Waals surface area contributed by atoms with Crippen LogP contribution in [0.5, 0.6) is 0 Å². The summed E-state index contributed by atoms with van der Waals surface area (Å²) in [6.45, 7) is 9.73. The van der Waals surface area contributed by atoms with E-state index in [0.29, 0.717) is 12.0 Å². The SMILES string of the molecule is CC1(CNC(=O)CNC(C)(C)C)CCCC1. The van der Waals surface area contributed by atoms with E-state index in [1.807, 2.05) is 0 Å². The normalized spacial score (nSPS) is 19.8. The van der Waals surface area contributed by atoms with Crippen molar-refractivity contribution in [2.45, 2.75) is 58.9 Å². The highest BCUT2D eigenvalue weighted by Crippen LogP contribution is 2.36. The predicted molar refractivity (Wildman–Crippen MR) is 67.3 cm³/mol. The summed E-state index contributed by atoms with van der Waals surface area (Å²) < 4.78 is 0. The molecule has 3 nitrogen and oxygen atoms in total. The Labute approximate surface area is 99.4 Å². The minimum Gasteiger partial charge on any atom is -0.354 e. The highest BCUT2D eigenvalue weighted by atomic mass is 16.1. The first-order valence-corrected chi connectivity index (χ1v) is 6.33. The van der Waals surface area contributed by atoms with E-state index in [-0.39, 0.29) is 11.4 Å². The Morgan fingerprint density at radius 2 is 1.81 bits per heavy atom. The molecule has 1 aliphatic carbocycles. The number of carbonyl (C=O) groups is 1. The topological polar surface area (TPSA) is 41.1 Å². The van der Waals surface area contributed by atoms with E-state index in [4.69, 9.17) is 0 Å². The lowest BCUT2D eigenvalue weighted by Crippen LogP contribution is -2.45. The van der Waals surface area contributed by atoms with Crippen molar-refractivity contribution >= 4 is 5.91 Å². The van der Waals surface area contributed by atoms with E-state index < -0.39 is 0 Å². The van der Waals surface area contributed by atoms with Crippen LogP contribution in [0.1, 0.15) is 53.4 Å². The van der Waals surface area contributed by atoms with Gasteiger partial charge in [0.05, 0.1) is 6.54 Å². The van der Waals surface area contributed by atoms with Crippen LogP contribution in [0, 0.1) is 5.41 Å². The molecule has 0 atom stereocenters. The van der Waals surface area contributed by atoms with Crippen LogP contribution in [-0.2, 0) is 4.79 Å². The highest BCUT2D eigenvalue weighted by molar-refractivity contribution is 5.78. The first kappa shape index (κ1) is 13.5. The van der Waals surface area contributed by atoms with Gasteiger partial charge in [-0.2, -0.15) is 0 Å². The molecule has 0 aromatic carbocycles. The first-order valence-electron chi connectivity index (χ1n) is 6.33. The third-order valence-electron chi connectivity index (χ3n) is 3.30. The standard InChI is InChI=1S/C13H26N2O/c1-12(2,3)15-9-11(16)14-10-13(4)7-5-6-8-13/h15H,5-10H2,1-4H3,(H,14,16). The van der Waals surface area contributed by atoms with Gasteiger partial charge in [-0.1, -0.05) is 19.8 Å². The van der Waals surface area contributed by atoms with E-state index in [0.717, 1.165) is 6.54 Å². The van der Waals surface area contributed by atoms with Gasteiger partial charge in [-0.05, 0) is 39.0 Å². The van der Waals surface area contributed by atoms with Gasteiger partial charge in [0.15, 0.2) is 0 Å². The second-order valence-electron chi connectivity index (χ2n) is 6.40. The van der Waals surface area contributed by atoms with Crippen LogP contribution < -0.4 is 10.6 Å². The van der Waals surface area contributed by atoms with Crippen molar-refractivity contribution in [3.63, 3.8) is 0 Å². The van der Waals surface area contributed by atoms with Crippen LogP contribution in [0.3, 0.4) is 0 Å². The molecule has 0 spiro atoms. The average molecular weight is 226 g/mol. The molecule has 0 saturated heterocycles. The van der Waals surface area contributed by atoms with Crippen molar-refractivity contribution in [2.75, 3.05) is 13.1 Å². The van der Waals surface area contributed by atoms with Crippen LogP contribution in [0.25, 0.3) is 0 Å². The number of nitrogens with one attached hydrogen (secondary N) is 2. The van der Waals surface area contributed by atoms with Crippen molar-refractivity contribution in [3.8, 4) is 0 Å². The van der Waals surface area contributed by atoms with Gasteiger partial charge in [-0.25, -0.2) is 0 Å². The van der Waals surface area contributed by atoms with Gasteiger partial charge in [0.1, 0.15) is 0 Å². The second kappa shape index (κ2) is 5.17. The van der Waals surface area contributed by atoms with Crippen molar-refractivity contribution in [2.24, 2.45) is 5.41 Å². The van der Waals surface area contributed by atoms with Crippen molar-refractivity contribution < 1.29 is 4.79 Å². The average Bonchev–Trinajstić information content (AvgIpc) is 2.59. The number of rotatable bonds is 4. The number of hydrogen-bond donors (Lipinski definition) is 2. The molecular weight excluding hydrogens is 200 g/mol. The molecule has 1 fully saturated rings. The third kappa shape index (κ3) is 4.97. The quantitative estimate of drug-likeness (QED) is 0.770. The van der Waals surface area contributed by atoms with Crippen molar-refractivity contribution in [3.05, 3.63) is 0 Å². The summed E-state index contributed by atoms with van der Waals surface area (Å²) in [6.07, 6.45) is 5.12. The molecule has 2 N–H and O–H groups in total. The summed E-state index contributed by atoms with van der Waals surface area (Å²) >= 11 is 0. The van der Waals surface area contributed by atoms with Gasteiger partial charge in [0.25, 0.3) is 0 Å². The maximum Gasteiger partial charge on any atom is 0.233 e. The summed E-state index contributed by atoms with van der Waals surface area (Å²) in [5, 5.41) is 6.23. The molecule has 0 aliphatic heterocycles. The second-order valence-corrected chi connectivity index (χ2v) is 6.40. The predicted octanol–water partition coefficient (Wildman–Crippen LogP) is 2.07. The third-order valence-corrected chi connectivity index (χ3v) is 3.30. The summed E-state index contributed by atoms with van der Waals surface area (Å²) in [4.78, 5) is 11.6. The number of hydrogen-bond acceptors (Lipinski definition) is 2. The molecule has 1 amide bonds. The molecule has 1 aliphatic rings. The minimum atomic E-state index is 0.00853. The van der Waals surface area contributed by atoms with E-state index in [9.17, 15) is 4.79 Å². The molecular formula is C13H26N2O. The van der Waals surface area contributed by atoms with Crippen LogP contribution >= 0.6 is 0 Å². The zero-order chi connectivity index (χ0) is 12.2.